The van der Waals surface area contributed by atoms with E-state index in [0.29, 0.717) is 42.2 Å². The molecule has 0 saturated carbocycles. The molecule has 0 atom stereocenters. The second kappa shape index (κ2) is 8.87. The topological polar surface area (TPSA) is 50.3 Å². The van der Waals surface area contributed by atoms with Crippen LogP contribution >= 0.6 is 46.1 Å². The molecule has 164 valence electrons. The van der Waals surface area contributed by atoms with Crippen molar-refractivity contribution in [1.82, 2.24) is 4.98 Å². The molecule has 0 radical (unpaired) electrons. The van der Waals surface area contributed by atoms with Crippen molar-refractivity contribution in [3.63, 3.8) is 0 Å². The minimum atomic E-state index is -3.57. The third-order valence-electron chi connectivity index (χ3n) is 5.38. The Bertz CT molecular complexity index is 1240. The zero-order valence-corrected chi connectivity index (χ0v) is 20.3. The van der Waals surface area contributed by atoms with Gasteiger partial charge in [0, 0.05) is 29.1 Å². The molecule has 0 bridgehead atoms. The van der Waals surface area contributed by atoms with Gasteiger partial charge in [0.1, 0.15) is 5.82 Å². The molecule has 1 fully saturated rings. The molecule has 0 aliphatic carbocycles. The summed E-state index contributed by atoms with van der Waals surface area (Å²) in [5, 5.41) is 2.82. The highest BCUT2D eigenvalue weighted by Gasteiger charge is 2.33. The Kier molecular flexibility index (Phi) is 6.52. The lowest BCUT2D eigenvalue weighted by atomic mass is 10.1. The first kappa shape index (κ1) is 22.8. The second-order valence-corrected chi connectivity index (χ2v) is 11.7. The van der Waals surface area contributed by atoms with Gasteiger partial charge in [-0.1, -0.05) is 34.8 Å². The highest BCUT2D eigenvalue weighted by molar-refractivity contribution is 7.92. The molecule has 4 nitrogen and oxygen atoms in total. The van der Waals surface area contributed by atoms with Crippen LogP contribution in [0.5, 0.6) is 0 Å². The summed E-state index contributed by atoms with van der Waals surface area (Å²) >= 11 is 19.6. The summed E-state index contributed by atoms with van der Waals surface area (Å²) in [7, 11) is -3.57. The molecule has 3 aromatic rings. The van der Waals surface area contributed by atoms with Crippen molar-refractivity contribution in [3.05, 3.63) is 62.2 Å². The van der Waals surface area contributed by atoms with E-state index in [4.69, 9.17) is 34.8 Å². The highest BCUT2D eigenvalue weighted by Crippen LogP contribution is 2.35. The zero-order chi connectivity index (χ0) is 22.3. The smallest absolute Gasteiger partial charge is 0.185 e. The lowest BCUT2D eigenvalue weighted by Gasteiger charge is -2.31. The molecule has 0 N–H and O–H groups in total. The molecule has 1 aliphatic heterocycles. The van der Waals surface area contributed by atoms with Crippen molar-refractivity contribution < 1.29 is 12.8 Å². The molecular formula is C21H18Cl3FN2O2S2. The molecule has 10 heteroatoms. The number of sulfone groups is 1. The van der Waals surface area contributed by atoms with E-state index in [2.05, 4.69) is 9.88 Å². The standard InChI is InChI=1S/C21H18Cl3FN2O2S2/c1-12-8-20(17(24)10-15(12)22)31(28,29)14-4-6-27(7-5-14)21-26-19(11-30-21)13-2-3-18(25)16(23)9-13/h2-3,8-11,14H,4-7H2,1H3. The summed E-state index contributed by atoms with van der Waals surface area (Å²) in [6.45, 7) is 2.88. The molecule has 2 aromatic carbocycles. The SMILES string of the molecule is Cc1cc(S(=O)(=O)C2CCN(c3nc(-c4ccc(F)c(Cl)c4)cs3)CC2)c(Cl)cc1Cl. The zero-order valence-electron chi connectivity index (χ0n) is 16.4. The van der Waals surface area contributed by atoms with Gasteiger partial charge in [0.05, 0.1) is 25.9 Å². The molecule has 0 spiro atoms. The first-order chi connectivity index (χ1) is 14.7. The highest BCUT2D eigenvalue weighted by atomic mass is 35.5. The number of benzene rings is 2. The lowest BCUT2D eigenvalue weighted by molar-refractivity contribution is 0.529. The van der Waals surface area contributed by atoms with Crippen molar-refractivity contribution in [2.24, 2.45) is 0 Å². The molecule has 0 unspecified atom stereocenters. The first-order valence-corrected chi connectivity index (χ1v) is 13.1. The predicted molar refractivity (Wildman–Crippen MR) is 126 cm³/mol. The number of nitrogens with zero attached hydrogens (tertiary/aromatic N) is 2. The van der Waals surface area contributed by atoms with Crippen molar-refractivity contribution >= 4 is 61.1 Å². The summed E-state index contributed by atoms with van der Waals surface area (Å²) in [5.74, 6) is -0.472. The first-order valence-electron chi connectivity index (χ1n) is 9.52. The van der Waals surface area contributed by atoms with Crippen molar-refractivity contribution in [3.8, 4) is 11.3 Å². The van der Waals surface area contributed by atoms with Gasteiger partial charge in [-0.15, -0.1) is 11.3 Å². The van der Waals surface area contributed by atoms with Crippen LogP contribution in [0.15, 0.2) is 40.6 Å². The Labute approximate surface area is 199 Å². The van der Waals surface area contributed by atoms with Gasteiger partial charge in [-0.05, 0) is 55.7 Å². The maximum atomic E-state index is 13.4. The third-order valence-corrected chi connectivity index (χ3v) is 9.70. The Morgan fingerprint density at radius 1 is 1.06 bits per heavy atom. The molecule has 1 aromatic heterocycles. The molecule has 1 saturated heterocycles. The lowest BCUT2D eigenvalue weighted by Crippen LogP contribution is -2.39. The van der Waals surface area contributed by atoms with Crippen molar-refractivity contribution in [2.45, 2.75) is 29.9 Å². The van der Waals surface area contributed by atoms with Gasteiger partial charge in [0.15, 0.2) is 15.0 Å². The van der Waals surface area contributed by atoms with Gasteiger partial charge in [0.2, 0.25) is 0 Å². The van der Waals surface area contributed by atoms with Crippen LogP contribution in [0.3, 0.4) is 0 Å². The summed E-state index contributed by atoms with van der Waals surface area (Å²) < 4.78 is 39.7. The number of hydrogen-bond acceptors (Lipinski definition) is 5. The van der Waals surface area contributed by atoms with Gasteiger partial charge < -0.3 is 4.90 Å². The average Bonchev–Trinajstić information content (AvgIpc) is 3.23. The van der Waals surface area contributed by atoms with Crippen LogP contribution < -0.4 is 4.90 Å². The monoisotopic (exact) mass is 518 g/mol. The Morgan fingerprint density at radius 3 is 2.45 bits per heavy atom. The maximum Gasteiger partial charge on any atom is 0.185 e. The average molecular weight is 520 g/mol. The molecule has 31 heavy (non-hydrogen) atoms. The Morgan fingerprint density at radius 2 is 1.77 bits per heavy atom. The number of aromatic nitrogens is 1. The minimum absolute atomic E-state index is 0.0502. The van der Waals surface area contributed by atoms with Crippen LogP contribution in [0.25, 0.3) is 11.3 Å². The fraction of sp³-hybridized carbons (Fsp3) is 0.286. The van der Waals surface area contributed by atoms with Gasteiger partial charge in [-0.2, -0.15) is 0 Å². The van der Waals surface area contributed by atoms with Crippen LogP contribution in [-0.2, 0) is 9.84 Å². The fourth-order valence-electron chi connectivity index (χ4n) is 3.58. The van der Waals surface area contributed by atoms with E-state index in [1.165, 1.54) is 23.5 Å². The van der Waals surface area contributed by atoms with E-state index >= 15 is 0 Å². The van der Waals surface area contributed by atoms with E-state index in [0.717, 1.165) is 10.7 Å². The number of hydrogen-bond donors (Lipinski definition) is 0. The summed E-state index contributed by atoms with van der Waals surface area (Å²) in [6, 6.07) is 7.53. The van der Waals surface area contributed by atoms with Gasteiger partial charge >= 0.3 is 0 Å². The quantitative estimate of drug-likeness (QED) is 0.387. The van der Waals surface area contributed by atoms with Crippen molar-refractivity contribution in [1.29, 1.82) is 0 Å². The molecule has 4 rings (SSSR count). The predicted octanol–water partition coefficient (Wildman–Crippen LogP) is 6.66. The summed E-state index contributed by atoms with van der Waals surface area (Å²) in [5.41, 5.74) is 2.12. The molecule has 2 heterocycles. The van der Waals surface area contributed by atoms with E-state index in [9.17, 15) is 12.8 Å². The molecular weight excluding hydrogens is 502 g/mol. The number of anilines is 1. The second-order valence-electron chi connectivity index (χ2n) is 7.41. The maximum absolute atomic E-state index is 13.4. The number of rotatable bonds is 4. The Hall–Kier alpha value is -1.38. The number of halogens is 4. The van der Waals surface area contributed by atoms with Crippen LogP contribution in [0, 0.1) is 12.7 Å². The van der Waals surface area contributed by atoms with Gasteiger partial charge in [-0.25, -0.2) is 17.8 Å². The van der Waals surface area contributed by atoms with Crippen LogP contribution in [-0.4, -0.2) is 31.7 Å². The number of thiazole rings is 1. The third kappa shape index (κ3) is 4.57. The van der Waals surface area contributed by atoms with Crippen LogP contribution in [0.4, 0.5) is 9.52 Å². The van der Waals surface area contributed by atoms with Crippen LogP contribution in [0.2, 0.25) is 15.1 Å². The van der Waals surface area contributed by atoms with E-state index in [-0.39, 0.29) is 14.9 Å². The number of aryl methyl sites for hydroxylation is 1. The van der Waals surface area contributed by atoms with E-state index < -0.39 is 20.9 Å². The van der Waals surface area contributed by atoms with Crippen molar-refractivity contribution in [2.75, 3.05) is 18.0 Å². The molecule has 1 aliphatic rings. The van der Waals surface area contributed by atoms with E-state index in [1.807, 2.05) is 5.38 Å². The van der Waals surface area contributed by atoms with Gasteiger partial charge in [-0.3, -0.25) is 0 Å². The summed E-state index contributed by atoms with van der Waals surface area (Å²) in [4.78, 5) is 6.84. The normalized spacial score (nSPS) is 15.5. The summed E-state index contributed by atoms with van der Waals surface area (Å²) in [6.07, 6.45) is 0.940. The van der Waals surface area contributed by atoms with E-state index in [1.54, 1.807) is 25.1 Å². The number of piperidine rings is 1. The fourth-order valence-corrected chi connectivity index (χ4v) is 7.22. The van der Waals surface area contributed by atoms with Crippen LogP contribution in [0.1, 0.15) is 18.4 Å². The minimum Gasteiger partial charge on any atom is -0.348 e. The van der Waals surface area contributed by atoms with Gasteiger partial charge in [0.25, 0.3) is 0 Å². The molecule has 0 amide bonds. The Balaban J connectivity index is 1.48. The largest absolute Gasteiger partial charge is 0.348 e.